The van der Waals surface area contributed by atoms with E-state index in [0.29, 0.717) is 50.2 Å². The van der Waals surface area contributed by atoms with Crippen LogP contribution in [0.3, 0.4) is 0 Å². The van der Waals surface area contributed by atoms with Crippen LogP contribution in [-0.2, 0) is 48.5 Å². The number of piperidine rings is 1. The Hall–Kier alpha value is -2.28. The topological polar surface area (TPSA) is 191 Å². The fourth-order valence-corrected chi connectivity index (χ4v) is 2.89. The maximum atomic E-state index is 10.1. The van der Waals surface area contributed by atoms with Gasteiger partial charge in [-0.25, -0.2) is 0 Å². The summed E-state index contributed by atoms with van der Waals surface area (Å²) in [6.45, 7) is 7.04. The molecule has 0 spiro atoms. The molecule has 1 radical (unpaired) electrons. The van der Waals surface area contributed by atoms with E-state index in [9.17, 15) is 5.11 Å². The van der Waals surface area contributed by atoms with E-state index in [1.807, 2.05) is 25.2 Å². The molecule has 1 N–H and O–H groups in total. The molecular weight excluding hydrogens is 538 g/mol. The Morgan fingerprint density at radius 2 is 1.63 bits per heavy atom. The second-order valence-corrected chi connectivity index (χ2v) is 6.73. The fourth-order valence-electron chi connectivity index (χ4n) is 2.89. The van der Waals surface area contributed by atoms with Gasteiger partial charge in [-0.05, 0) is 50.6 Å². The second-order valence-electron chi connectivity index (χ2n) is 6.73. The number of aliphatic hydroxyl groups is 1. The zero-order valence-electron chi connectivity index (χ0n) is 19.8. The molecule has 0 aromatic rings. The first-order valence-corrected chi connectivity index (χ1v) is 10.4. The average Bonchev–Trinajstić information content (AvgIpc) is 2.81. The normalized spacial score (nSPS) is 16.9. The third-order valence-corrected chi connectivity index (χ3v) is 4.48. The van der Waals surface area contributed by atoms with Gasteiger partial charge in [0.15, 0.2) is 0 Å². The Kier molecular flexibility index (Phi) is 33.9. The van der Waals surface area contributed by atoms with Crippen LogP contribution >= 0.6 is 0 Å². The van der Waals surface area contributed by atoms with Gasteiger partial charge in [0.2, 0.25) is 0 Å². The Bertz CT molecular complexity index is 733. The van der Waals surface area contributed by atoms with Crippen LogP contribution in [0.5, 0.6) is 0 Å². The maximum absolute atomic E-state index is 10.1. The SMILES string of the molecule is CC(=NCCC(O)CCN=C(C)C1CCCC[N-]1)C1=CC=CC[N-]1.[Fe+2].[Fe+3].[N-]=C=O.[N-]=C=O.[N-]=C=O. The third kappa shape index (κ3) is 24.6. The molecule has 2 atom stereocenters. The van der Waals surface area contributed by atoms with Crippen LogP contribution < -0.4 is 0 Å². The summed E-state index contributed by atoms with van der Waals surface area (Å²) in [7, 11) is 0. The smallest absolute Gasteiger partial charge is 0.724 e. The summed E-state index contributed by atoms with van der Waals surface area (Å²) in [5, 5.41) is 39.4. The summed E-state index contributed by atoms with van der Waals surface area (Å²) >= 11 is 0. The van der Waals surface area contributed by atoms with Crippen molar-refractivity contribution < 1.29 is 53.6 Å². The van der Waals surface area contributed by atoms with Crippen molar-refractivity contribution in [1.82, 2.24) is 0 Å². The Labute approximate surface area is 227 Å². The van der Waals surface area contributed by atoms with E-state index in [-0.39, 0.29) is 40.2 Å². The molecule has 2 rings (SSSR count). The molecule has 193 valence electrons. The third-order valence-electron chi connectivity index (χ3n) is 4.48. The van der Waals surface area contributed by atoms with Crippen molar-refractivity contribution in [2.45, 2.75) is 58.1 Å². The number of isocyanates is 3. The molecule has 0 saturated carbocycles. The van der Waals surface area contributed by atoms with Gasteiger partial charge in [-0.15, -0.1) is 24.9 Å². The predicted octanol–water partition coefficient (Wildman–Crippen LogP) is 3.47. The Morgan fingerprint density at radius 3 is 2.09 bits per heavy atom. The first-order chi connectivity index (χ1) is 15.9. The summed E-state index contributed by atoms with van der Waals surface area (Å²) in [6.07, 6.45) is 12.1. The van der Waals surface area contributed by atoms with Crippen LogP contribution in [-0.4, -0.2) is 73.1 Å². The van der Waals surface area contributed by atoms with Gasteiger partial charge in [-0.3, -0.25) is 24.4 Å². The van der Waals surface area contributed by atoms with Gasteiger partial charge in [0, 0.05) is 18.8 Å². The zero-order valence-corrected chi connectivity index (χ0v) is 22.0. The molecule has 0 amide bonds. The van der Waals surface area contributed by atoms with Crippen molar-refractivity contribution in [2.75, 3.05) is 26.2 Å². The molecule has 13 heteroatoms. The second kappa shape index (κ2) is 29.8. The molecule has 1 saturated heterocycles. The number of nitrogens with zero attached hydrogens (tertiary/aromatic N) is 7. The number of rotatable bonds is 8. The largest absolute Gasteiger partial charge is 3.00 e. The van der Waals surface area contributed by atoms with E-state index in [0.717, 1.165) is 36.6 Å². The van der Waals surface area contributed by atoms with Crippen LogP contribution in [0.4, 0.5) is 0 Å². The van der Waals surface area contributed by atoms with Gasteiger partial charge in [0.25, 0.3) is 0 Å². The van der Waals surface area contributed by atoms with Crippen LogP contribution in [0.2, 0.25) is 0 Å². The number of aliphatic imine (C=N–C) groups is 2. The van der Waals surface area contributed by atoms with E-state index >= 15 is 0 Å². The summed E-state index contributed by atoms with van der Waals surface area (Å²) in [6, 6.07) is 0.310. The van der Waals surface area contributed by atoms with Crippen molar-refractivity contribution in [1.29, 1.82) is 0 Å². The molecule has 2 heterocycles. The number of aliphatic hydroxyl groups excluding tert-OH is 1. The number of allylic oxidation sites excluding steroid dienone is 3. The molecule has 0 aromatic heterocycles. The molecule has 1 fully saturated rings. The van der Waals surface area contributed by atoms with Gasteiger partial charge in [-0.1, -0.05) is 37.5 Å². The van der Waals surface area contributed by atoms with Gasteiger partial charge in [0.1, 0.15) is 0 Å². The monoisotopic (exact) mass is 568 g/mol. The molecule has 2 aliphatic rings. The van der Waals surface area contributed by atoms with Crippen molar-refractivity contribution in [3.63, 3.8) is 0 Å². The predicted molar refractivity (Wildman–Crippen MR) is 130 cm³/mol. The van der Waals surface area contributed by atoms with Crippen LogP contribution in [0.1, 0.15) is 46.0 Å². The van der Waals surface area contributed by atoms with Crippen molar-refractivity contribution in [3.05, 3.63) is 50.8 Å². The minimum atomic E-state index is -0.349. The summed E-state index contributed by atoms with van der Waals surface area (Å²) in [5.41, 5.74) is 3.01. The molecule has 0 bridgehead atoms. The molecule has 0 aromatic carbocycles. The van der Waals surface area contributed by atoms with Crippen molar-refractivity contribution >= 4 is 29.7 Å². The minimum Gasteiger partial charge on any atom is -0.724 e. The molecule has 35 heavy (non-hydrogen) atoms. The Morgan fingerprint density at radius 1 is 1.09 bits per heavy atom. The molecule has 0 aliphatic carbocycles. The van der Waals surface area contributed by atoms with Gasteiger partial charge in [0.05, 0.1) is 6.10 Å². The van der Waals surface area contributed by atoms with Crippen molar-refractivity contribution in [2.24, 2.45) is 9.98 Å². The van der Waals surface area contributed by atoms with Gasteiger partial charge >= 0.3 is 34.1 Å². The quantitative estimate of drug-likeness (QED) is 0.267. The van der Waals surface area contributed by atoms with Crippen LogP contribution in [0, 0.1) is 0 Å². The molecule has 2 aliphatic heterocycles. The molecule has 2 unspecified atom stereocenters. The Balaban J connectivity index is -0.000000381. The number of hydrogen-bond acceptors (Lipinski definition) is 6. The zero-order chi connectivity index (χ0) is 25.3. The van der Waals surface area contributed by atoms with Crippen LogP contribution in [0.25, 0.3) is 26.9 Å². The van der Waals surface area contributed by atoms with E-state index < -0.39 is 0 Å². The first-order valence-electron chi connectivity index (χ1n) is 10.4. The molecular formula is C22H30Fe2N7O4. The van der Waals surface area contributed by atoms with Gasteiger partial charge in [-0.2, -0.15) is 0 Å². The molecule has 11 nitrogen and oxygen atoms in total. The van der Waals surface area contributed by atoms with Crippen molar-refractivity contribution in [3.8, 4) is 0 Å². The van der Waals surface area contributed by atoms with E-state index in [1.165, 1.54) is 12.8 Å². The minimum absolute atomic E-state index is 0. The van der Waals surface area contributed by atoms with E-state index in [1.54, 1.807) is 0 Å². The maximum Gasteiger partial charge on any atom is 3.00 e. The van der Waals surface area contributed by atoms with E-state index in [4.69, 9.17) is 30.6 Å². The van der Waals surface area contributed by atoms with E-state index in [2.05, 4.69) is 27.5 Å². The number of hydrogen-bond donors (Lipinski definition) is 1. The fraction of sp³-hybridized carbons (Fsp3) is 0.591. The summed E-state index contributed by atoms with van der Waals surface area (Å²) < 4.78 is 0. The average molecular weight is 568 g/mol. The summed E-state index contributed by atoms with van der Waals surface area (Å²) in [5.74, 6) is 0. The van der Waals surface area contributed by atoms with Gasteiger partial charge < -0.3 is 32.0 Å². The standard InChI is InChI=1S/C19H30N4O.3CNO.2Fe/c1-15(18-7-3-5-11-22-18)20-13-9-17(24)10-14-21-16(2)19-8-4-6-12-23-19;3*2-1-3;;/h3,5,7,17,19,24H,4,6,8-14H2,1-2H3;;;;;/q-2;3*-1;+2;+3. The number of carbonyl (C=O) groups excluding carboxylic acids is 3. The summed E-state index contributed by atoms with van der Waals surface area (Å²) in [4.78, 5) is 33.8. The van der Waals surface area contributed by atoms with Crippen LogP contribution in [0.15, 0.2) is 33.9 Å². The first kappa shape index (κ1) is 39.9.